The second-order valence-electron chi connectivity index (χ2n) is 6.69. The van der Waals surface area contributed by atoms with Crippen molar-refractivity contribution in [2.24, 2.45) is 0 Å². The van der Waals surface area contributed by atoms with E-state index in [0.717, 1.165) is 10.4 Å². The van der Waals surface area contributed by atoms with Crippen LogP contribution in [0.25, 0.3) is 5.57 Å². The zero-order chi connectivity index (χ0) is 21.3. The van der Waals surface area contributed by atoms with Gasteiger partial charge in [-0.05, 0) is 55.1 Å². The second-order valence-corrected chi connectivity index (χ2v) is 8.05. The molecule has 1 aliphatic heterocycles. The number of imide groups is 1. The molecule has 0 aliphatic carbocycles. The first kappa shape index (κ1) is 20.2. The first-order valence-corrected chi connectivity index (χ1v) is 10.7. The molecule has 0 saturated carbocycles. The number of halogens is 1. The van der Waals surface area contributed by atoms with Crippen molar-refractivity contribution >= 4 is 51.7 Å². The van der Waals surface area contributed by atoms with Crippen molar-refractivity contribution in [3.05, 3.63) is 81.1 Å². The van der Waals surface area contributed by atoms with Crippen molar-refractivity contribution in [3.8, 4) is 5.75 Å². The molecule has 0 radical (unpaired) electrons. The summed E-state index contributed by atoms with van der Waals surface area (Å²) in [5, 5.41) is 5.58. The van der Waals surface area contributed by atoms with Gasteiger partial charge >= 0.3 is 0 Å². The van der Waals surface area contributed by atoms with Crippen LogP contribution in [0.1, 0.15) is 17.4 Å². The zero-order valence-electron chi connectivity index (χ0n) is 16.4. The van der Waals surface area contributed by atoms with Crippen LogP contribution in [-0.2, 0) is 9.59 Å². The number of rotatable bonds is 6. The van der Waals surface area contributed by atoms with Crippen LogP contribution in [0.4, 0.5) is 11.4 Å². The van der Waals surface area contributed by atoms with Crippen LogP contribution in [0.2, 0.25) is 5.02 Å². The maximum absolute atomic E-state index is 13.4. The van der Waals surface area contributed by atoms with E-state index in [1.165, 1.54) is 16.2 Å². The standard InChI is InChI=1S/C23H19ClN2O3S/c1-3-29-17-7-4-6-16(13-17)26-22(27)20(19-8-5-11-30-19)21(23(26)28)25-15-10-9-14(2)18(24)12-15/h4-13,25H,3H2,1-2H3. The first-order chi connectivity index (χ1) is 14.5. The van der Waals surface area contributed by atoms with Gasteiger partial charge in [0.1, 0.15) is 11.4 Å². The molecule has 0 saturated heterocycles. The Labute approximate surface area is 183 Å². The van der Waals surface area contributed by atoms with Crippen molar-refractivity contribution in [1.82, 2.24) is 0 Å². The van der Waals surface area contributed by atoms with E-state index in [-0.39, 0.29) is 11.6 Å². The highest BCUT2D eigenvalue weighted by atomic mass is 35.5. The predicted octanol–water partition coefficient (Wildman–Crippen LogP) is 5.51. The van der Waals surface area contributed by atoms with Crippen LogP contribution in [0.15, 0.2) is 65.7 Å². The monoisotopic (exact) mass is 438 g/mol. The summed E-state index contributed by atoms with van der Waals surface area (Å²) in [5.41, 5.74) is 2.60. The van der Waals surface area contributed by atoms with Crippen LogP contribution in [0.5, 0.6) is 5.75 Å². The number of hydrogen-bond donors (Lipinski definition) is 1. The highest BCUT2D eigenvalue weighted by molar-refractivity contribution is 7.11. The van der Waals surface area contributed by atoms with Crippen LogP contribution in [-0.4, -0.2) is 18.4 Å². The number of carbonyl (C=O) groups is 2. The van der Waals surface area contributed by atoms with Gasteiger partial charge in [0.15, 0.2) is 0 Å². The summed E-state index contributed by atoms with van der Waals surface area (Å²) in [4.78, 5) is 28.6. The topological polar surface area (TPSA) is 58.6 Å². The molecule has 2 heterocycles. The summed E-state index contributed by atoms with van der Waals surface area (Å²) in [5.74, 6) is -0.203. The second kappa shape index (κ2) is 8.34. The van der Waals surface area contributed by atoms with Crippen molar-refractivity contribution in [2.45, 2.75) is 13.8 Å². The zero-order valence-corrected chi connectivity index (χ0v) is 18.0. The van der Waals surface area contributed by atoms with Crippen molar-refractivity contribution in [2.75, 3.05) is 16.8 Å². The fraction of sp³-hybridized carbons (Fsp3) is 0.130. The fourth-order valence-corrected chi connectivity index (χ4v) is 4.17. The third kappa shape index (κ3) is 3.72. The highest BCUT2D eigenvalue weighted by Gasteiger charge is 2.40. The van der Waals surface area contributed by atoms with Crippen LogP contribution >= 0.6 is 22.9 Å². The maximum Gasteiger partial charge on any atom is 0.282 e. The van der Waals surface area contributed by atoms with Gasteiger partial charge in [-0.2, -0.15) is 0 Å². The molecule has 152 valence electrons. The molecule has 0 bridgehead atoms. The lowest BCUT2D eigenvalue weighted by Crippen LogP contribution is -2.32. The summed E-state index contributed by atoms with van der Waals surface area (Å²) in [6.45, 7) is 4.27. The van der Waals surface area contributed by atoms with Gasteiger partial charge in [0.05, 0.1) is 17.9 Å². The Bertz CT molecular complexity index is 1160. The van der Waals surface area contributed by atoms with E-state index in [4.69, 9.17) is 16.3 Å². The Balaban J connectivity index is 1.77. The summed E-state index contributed by atoms with van der Waals surface area (Å²) in [6.07, 6.45) is 0. The molecule has 1 aliphatic rings. The third-order valence-electron chi connectivity index (χ3n) is 4.68. The predicted molar refractivity (Wildman–Crippen MR) is 121 cm³/mol. The highest BCUT2D eigenvalue weighted by Crippen LogP contribution is 2.36. The number of ether oxygens (including phenoxy) is 1. The van der Waals surface area contributed by atoms with Gasteiger partial charge in [-0.1, -0.05) is 29.8 Å². The van der Waals surface area contributed by atoms with E-state index in [9.17, 15) is 9.59 Å². The van der Waals surface area contributed by atoms with Crippen molar-refractivity contribution in [3.63, 3.8) is 0 Å². The van der Waals surface area contributed by atoms with Gasteiger partial charge in [0, 0.05) is 21.7 Å². The molecule has 0 spiro atoms. The van der Waals surface area contributed by atoms with Gasteiger partial charge in [-0.3, -0.25) is 9.59 Å². The average Bonchev–Trinajstić information content (AvgIpc) is 3.32. The van der Waals surface area contributed by atoms with E-state index >= 15 is 0 Å². The number of aryl methyl sites for hydroxylation is 1. The number of nitrogens with one attached hydrogen (secondary N) is 1. The van der Waals surface area contributed by atoms with E-state index < -0.39 is 5.91 Å². The molecule has 2 aromatic carbocycles. The van der Waals surface area contributed by atoms with E-state index in [2.05, 4.69) is 5.32 Å². The minimum absolute atomic E-state index is 0.226. The molecule has 0 atom stereocenters. The molecular formula is C23H19ClN2O3S. The Morgan fingerprint density at radius 1 is 1.07 bits per heavy atom. The Morgan fingerprint density at radius 2 is 1.90 bits per heavy atom. The number of nitrogens with zero attached hydrogens (tertiary/aromatic N) is 1. The van der Waals surface area contributed by atoms with Gasteiger partial charge in [-0.15, -0.1) is 11.3 Å². The van der Waals surface area contributed by atoms with Gasteiger partial charge in [0.25, 0.3) is 11.8 Å². The molecule has 2 amide bonds. The van der Waals surface area contributed by atoms with E-state index in [1.54, 1.807) is 30.3 Å². The summed E-state index contributed by atoms with van der Waals surface area (Å²) < 4.78 is 5.53. The molecular weight excluding hydrogens is 420 g/mol. The molecule has 5 nitrogen and oxygen atoms in total. The lowest BCUT2D eigenvalue weighted by Gasteiger charge is -2.16. The molecule has 1 aromatic heterocycles. The number of anilines is 2. The number of benzene rings is 2. The van der Waals surface area contributed by atoms with Crippen molar-refractivity contribution < 1.29 is 14.3 Å². The minimum atomic E-state index is -0.422. The molecule has 1 N–H and O–H groups in total. The quantitative estimate of drug-likeness (QED) is 0.516. The fourth-order valence-electron chi connectivity index (χ4n) is 3.22. The van der Waals surface area contributed by atoms with Gasteiger partial charge < -0.3 is 10.1 Å². The first-order valence-electron chi connectivity index (χ1n) is 9.42. The summed E-state index contributed by atoms with van der Waals surface area (Å²) in [7, 11) is 0. The largest absolute Gasteiger partial charge is 0.494 e. The normalized spacial score (nSPS) is 13.9. The molecule has 7 heteroatoms. The van der Waals surface area contributed by atoms with Crippen molar-refractivity contribution in [1.29, 1.82) is 0 Å². The van der Waals surface area contributed by atoms with Gasteiger partial charge in [0.2, 0.25) is 0 Å². The number of carbonyl (C=O) groups excluding carboxylic acids is 2. The number of hydrogen-bond acceptors (Lipinski definition) is 5. The SMILES string of the molecule is CCOc1cccc(N2C(=O)C(Nc3ccc(C)c(Cl)c3)=C(c3cccs3)C2=O)c1. The van der Waals surface area contributed by atoms with Crippen LogP contribution in [0, 0.1) is 6.92 Å². The Kier molecular flexibility index (Phi) is 5.61. The molecule has 0 unspecified atom stereocenters. The Morgan fingerprint density at radius 3 is 2.60 bits per heavy atom. The number of amides is 2. The lowest BCUT2D eigenvalue weighted by molar-refractivity contribution is -0.120. The molecule has 0 fully saturated rings. The smallest absolute Gasteiger partial charge is 0.282 e. The van der Waals surface area contributed by atoms with E-state index in [0.29, 0.717) is 34.3 Å². The lowest BCUT2D eigenvalue weighted by atomic mass is 10.1. The minimum Gasteiger partial charge on any atom is -0.494 e. The Hall–Kier alpha value is -3.09. The molecule has 30 heavy (non-hydrogen) atoms. The van der Waals surface area contributed by atoms with Gasteiger partial charge in [-0.25, -0.2) is 4.90 Å². The average molecular weight is 439 g/mol. The van der Waals surface area contributed by atoms with Crippen LogP contribution in [0.3, 0.4) is 0 Å². The number of thiophene rings is 1. The third-order valence-corrected chi connectivity index (χ3v) is 5.97. The molecule has 4 rings (SSSR count). The summed E-state index contributed by atoms with van der Waals surface area (Å²) >= 11 is 7.65. The molecule has 3 aromatic rings. The summed E-state index contributed by atoms with van der Waals surface area (Å²) in [6, 6.07) is 16.1. The van der Waals surface area contributed by atoms with E-state index in [1.807, 2.05) is 43.5 Å². The van der Waals surface area contributed by atoms with Crippen LogP contribution < -0.4 is 15.0 Å². The maximum atomic E-state index is 13.4.